The number of carbonyl (C=O) groups is 2. The maximum absolute atomic E-state index is 13.0. The number of benzene rings is 2. The first-order valence-electron chi connectivity index (χ1n) is 9.11. The highest BCUT2D eigenvalue weighted by molar-refractivity contribution is 6.25. The fourth-order valence-electron chi connectivity index (χ4n) is 2.45. The van der Waals surface area contributed by atoms with Gasteiger partial charge in [0, 0.05) is 37.6 Å². The summed E-state index contributed by atoms with van der Waals surface area (Å²) in [6, 6.07) is 17.2. The first-order valence-corrected chi connectivity index (χ1v) is 9.11. The van der Waals surface area contributed by atoms with E-state index in [0.29, 0.717) is 11.1 Å². The zero-order chi connectivity index (χ0) is 21.2. The molecule has 29 heavy (non-hydrogen) atoms. The molecule has 0 aromatic heterocycles. The fraction of sp³-hybridized carbons (Fsp3) is 0.174. The van der Waals surface area contributed by atoms with Crippen LogP contribution in [0.4, 0.5) is 0 Å². The molecule has 0 fully saturated rings. The number of rotatable bonds is 8. The zero-order valence-electron chi connectivity index (χ0n) is 16.7. The van der Waals surface area contributed by atoms with E-state index < -0.39 is 11.8 Å². The average molecular weight is 392 g/mol. The van der Waals surface area contributed by atoms with Crippen LogP contribution in [0.25, 0.3) is 5.76 Å². The van der Waals surface area contributed by atoms with Gasteiger partial charge in [-0.05, 0) is 6.92 Å². The molecule has 0 radical (unpaired) electrons. The minimum Gasteiger partial charge on any atom is -0.506 e. The minimum atomic E-state index is -0.622. The van der Waals surface area contributed by atoms with Gasteiger partial charge in [0.15, 0.2) is 11.5 Å². The molecule has 0 saturated heterocycles. The molecular formula is C23H24N2O4. The van der Waals surface area contributed by atoms with Gasteiger partial charge in [-0.1, -0.05) is 60.7 Å². The van der Waals surface area contributed by atoms with Gasteiger partial charge in [-0.15, -0.1) is 0 Å². The molecule has 2 aromatic carbocycles. The number of esters is 1. The van der Waals surface area contributed by atoms with Crippen molar-refractivity contribution >= 4 is 23.7 Å². The summed E-state index contributed by atoms with van der Waals surface area (Å²) in [4.78, 5) is 31.0. The third-order valence-corrected chi connectivity index (χ3v) is 3.78. The third kappa shape index (κ3) is 6.17. The lowest BCUT2D eigenvalue weighted by Crippen LogP contribution is -2.13. The number of ketones is 1. The van der Waals surface area contributed by atoms with Gasteiger partial charge < -0.3 is 14.7 Å². The summed E-state index contributed by atoms with van der Waals surface area (Å²) in [5, 5.41) is 10.8. The SMILES string of the molecule is CCOC(=O)C(=CN(C)C)N=C/C(C(=O)c1ccccc1)=C(\O)c1ccccc1. The standard InChI is InChI=1S/C23H24N2O4/c1-4-29-23(28)20(16-25(2)3)24-15-19(21(26)17-11-7-5-8-12-17)22(27)18-13-9-6-10-14-18/h5-16,26H,4H2,1-3H3/b20-16?,21-19+,24-15?. The van der Waals surface area contributed by atoms with Crippen LogP contribution in [0.15, 0.2) is 83.1 Å². The Morgan fingerprint density at radius 2 is 1.55 bits per heavy atom. The van der Waals surface area contributed by atoms with Gasteiger partial charge in [-0.3, -0.25) is 4.79 Å². The lowest BCUT2D eigenvalue weighted by atomic mass is 10.00. The van der Waals surface area contributed by atoms with Crippen LogP contribution in [0.2, 0.25) is 0 Å². The highest BCUT2D eigenvalue weighted by Gasteiger charge is 2.18. The van der Waals surface area contributed by atoms with Crippen molar-refractivity contribution in [3.8, 4) is 0 Å². The van der Waals surface area contributed by atoms with E-state index in [1.54, 1.807) is 80.5 Å². The van der Waals surface area contributed by atoms with Gasteiger partial charge in [-0.25, -0.2) is 9.79 Å². The van der Waals surface area contributed by atoms with Gasteiger partial charge in [0.05, 0.1) is 12.2 Å². The summed E-state index contributed by atoms with van der Waals surface area (Å²) in [5.41, 5.74) is 0.839. The molecule has 0 aliphatic carbocycles. The summed E-state index contributed by atoms with van der Waals surface area (Å²) in [7, 11) is 3.48. The largest absolute Gasteiger partial charge is 0.506 e. The number of Topliss-reactive ketones (excluding diaryl/α,β-unsaturated/α-hetero) is 1. The van der Waals surface area contributed by atoms with E-state index in [2.05, 4.69) is 4.99 Å². The van der Waals surface area contributed by atoms with Crippen molar-refractivity contribution in [3.63, 3.8) is 0 Å². The van der Waals surface area contributed by atoms with E-state index in [4.69, 9.17) is 4.74 Å². The van der Waals surface area contributed by atoms with E-state index in [0.717, 1.165) is 0 Å². The van der Waals surface area contributed by atoms with E-state index >= 15 is 0 Å². The van der Waals surface area contributed by atoms with Crippen LogP contribution in [-0.2, 0) is 9.53 Å². The molecule has 0 unspecified atom stereocenters. The lowest BCUT2D eigenvalue weighted by Gasteiger charge is -2.09. The average Bonchev–Trinajstić information content (AvgIpc) is 2.73. The topological polar surface area (TPSA) is 79.2 Å². The summed E-state index contributed by atoms with van der Waals surface area (Å²) in [5.74, 6) is -1.26. The Labute approximate surface area is 170 Å². The third-order valence-electron chi connectivity index (χ3n) is 3.78. The molecule has 0 aliphatic rings. The molecule has 0 bridgehead atoms. The molecule has 0 atom stereocenters. The number of nitrogens with zero attached hydrogens (tertiary/aromatic N) is 2. The van der Waals surface area contributed by atoms with Gasteiger partial charge in [0.1, 0.15) is 5.76 Å². The molecule has 0 spiro atoms. The summed E-state index contributed by atoms with van der Waals surface area (Å²) in [6.45, 7) is 1.89. The Hall–Kier alpha value is -3.67. The van der Waals surface area contributed by atoms with Gasteiger partial charge in [-0.2, -0.15) is 0 Å². The Morgan fingerprint density at radius 1 is 1.00 bits per heavy atom. The molecule has 0 saturated carbocycles. The number of ether oxygens (including phenoxy) is 1. The predicted octanol–water partition coefficient (Wildman–Crippen LogP) is 3.88. The normalized spacial score (nSPS) is 12.4. The molecule has 2 aromatic rings. The van der Waals surface area contributed by atoms with Gasteiger partial charge in [0.25, 0.3) is 0 Å². The van der Waals surface area contributed by atoms with Crippen LogP contribution in [-0.4, -0.2) is 48.7 Å². The van der Waals surface area contributed by atoms with Crippen molar-refractivity contribution in [1.29, 1.82) is 0 Å². The van der Waals surface area contributed by atoms with E-state index in [9.17, 15) is 14.7 Å². The van der Waals surface area contributed by atoms with E-state index in [1.807, 2.05) is 6.07 Å². The van der Waals surface area contributed by atoms with Gasteiger partial charge >= 0.3 is 5.97 Å². The number of hydrogen-bond acceptors (Lipinski definition) is 6. The van der Waals surface area contributed by atoms with Crippen LogP contribution in [0, 0.1) is 0 Å². The second-order valence-electron chi connectivity index (χ2n) is 6.28. The fourth-order valence-corrected chi connectivity index (χ4v) is 2.45. The first-order chi connectivity index (χ1) is 13.9. The van der Waals surface area contributed by atoms with E-state index in [-0.39, 0.29) is 23.6 Å². The van der Waals surface area contributed by atoms with Crippen molar-refractivity contribution in [2.75, 3.05) is 20.7 Å². The number of allylic oxidation sites excluding steroid dienone is 1. The maximum Gasteiger partial charge on any atom is 0.358 e. The number of aliphatic hydroxyl groups is 1. The monoisotopic (exact) mass is 392 g/mol. The minimum absolute atomic E-state index is 0.0103. The van der Waals surface area contributed by atoms with Crippen molar-refractivity contribution in [1.82, 2.24) is 4.90 Å². The number of hydrogen-bond donors (Lipinski definition) is 1. The maximum atomic E-state index is 13.0. The van der Waals surface area contributed by atoms with Crippen LogP contribution in [0.1, 0.15) is 22.8 Å². The van der Waals surface area contributed by atoms with Crippen molar-refractivity contribution in [3.05, 3.63) is 89.3 Å². The second-order valence-corrected chi connectivity index (χ2v) is 6.28. The van der Waals surface area contributed by atoms with Crippen molar-refractivity contribution in [2.24, 2.45) is 4.99 Å². The molecule has 150 valence electrons. The van der Waals surface area contributed by atoms with Crippen molar-refractivity contribution in [2.45, 2.75) is 6.92 Å². The Morgan fingerprint density at radius 3 is 2.07 bits per heavy atom. The lowest BCUT2D eigenvalue weighted by molar-refractivity contribution is -0.138. The van der Waals surface area contributed by atoms with Crippen LogP contribution in [0.5, 0.6) is 0 Å². The molecule has 0 amide bonds. The summed E-state index contributed by atoms with van der Waals surface area (Å²) in [6.07, 6.45) is 2.68. The molecule has 6 nitrogen and oxygen atoms in total. The van der Waals surface area contributed by atoms with Crippen molar-refractivity contribution < 1.29 is 19.4 Å². The smallest absolute Gasteiger partial charge is 0.358 e. The summed E-state index contributed by atoms with van der Waals surface area (Å²) >= 11 is 0. The predicted molar refractivity (Wildman–Crippen MR) is 114 cm³/mol. The zero-order valence-corrected chi connectivity index (χ0v) is 16.7. The Bertz CT molecular complexity index is 930. The molecule has 0 heterocycles. The highest BCUT2D eigenvalue weighted by Crippen LogP contribution is 2.19. The number of aliphatic imine (C=N–C) groups is 1. The van der Waals surface area contributed by atoms with Crippen LogP contribution < -0.4 is 0 Å². The molecular weight excluding hydrogens is 368 g/mol. The molecule has 6 heteroatoms. The molecule has 2 rings (SSSR count). The van der Waals surface area contributed by atoms with Crippen LogP contribution >= 0.6 is 0 Å². The second kappa shape index (κ2) is 10.6. The Kier molecular flexibility index (Phi) is 7.91. The summed E-state index contributed by atoms with van der Waals surface area (Å²) < 4.78 is 5.02. The van der Waals surface area contributed by atoms with E-state index in [1.165, 1.54) is 12.4 Å². The molecule has 1 N–H and O–H groups in total. The number of carbonyl (C=O) groups excluding carboxylic acids is 2. The van der Waals surface area contributed by atoms with Gasteiger partial charge in [0.2, 0.25) is 0 Å². The van der Waals surface area contributed by atoms with Crippen LogP contribution in [0.3, 0.4) is 0 Å². The first kappa shape index (κ1) is 21.6. The molecule has 0 aliphatic heterocycles. The Balaban J connectivity index is 2.54. The number of aliphatic hydroxyl groups excluding tert-OH is 1. The quantitative estimate of drug-likeness (QED) is 0.242. The highest BCUT2D eigenvalue weighted by atomic mass is 16.5.